The largest absolute Gasteiger partial charge is 0.454 e. The van der Waals surface area contributed by atoms with Gasteiger partial charge >= 0.3 is 5.97 Å². The van der Waals surface area contributed by atoms with E-state index in [9.17, 15) is 9.59 Å². The third kappa shape index (κ3) is 3.32. The first-order valence-electron chi connectivity index (χ1n) is 7.61. The van der Waals surface area contributed by atoms with Crippen LogP contribution in [0.2, 0.25) is 5.02 Å². The minimum absolute atomic E-state index is 0.174. The van der Waals surface area contributed by atoms with Crippen molar-refractivity contribution in [3.8, 4) is 0 Å². The molecular formula is C18H18ClNO3. The highest BCUT2D eigenvalue weighted by Gasteiger charge is 2.28. The topological polar surface area (TPSA) is 48.3 Å². The van der Waals surface area contributed by atoms with Crippen LogP contribution in [0.1, 0.15) is 51.0 Å². The van der Waals surface area contributed by atoms with Crippen LogP contribution in [0.15, 0.2) is 30.3 Å². The zero-order chi connectivity index (χ0) is 16.6. The summed E-state index contributed by atoms with van der Waals surface area (Å²) in [5.41, 5.74) is 3.05. The summed E-state index contributed by atoms with van der Waals surface area (Å²) in [7, 11) is 0. The molecule has 120 valence electrons. The van der Waals surface area contributed by atoms with Gasteiger partial charge in [0.1, 0.15) is 0 Å². The molecule has 0 N–H and O–H groups in total. The zero-order valence-corrected chi connectivity index (χ0v) is 13.9. The van der Waals surface area contributed by atoms with E-state index in [-0.39, 0.29) is 12.4 Å². The first kappa shape index (κ1) is 15.8. The van der Waals surface area contributed by atoms with E-state index in [1.54, 1.807) is 24.3 Å². The average molecular weight is 332 g/mol. The molecule has 3 rings (SSSR count). The van der Waals surface area contributed by atoms with Crippen molar-refractivity contribution in [3.63, 3.8) is 0 Å². The van der Waals surface area contributed by atoms with Gasteiger partial charge in [0.15, 0.2) is 6.61 Å². The minimum Gasteiger partial charge on any atom is -0.454 e. The van der Waals surface area contributed by atoms with E-state index in [1.165, 1.54) is 0 Å². The van der Waals surface area contributed by atoms with Crippen LogP contribution >= 0.6 is 11.6 Å². The van der Waals surface area contributed by atoms with Gasteiger partial charge in [0, 0.05) is 28.0 Å². The molecule has 0 aliphatic heterocycles. The molecule has 1 heterocycles. The number of Topliss-reactive ketones (excluding diaryl/α,β-unsaturated/α-hetero) is 1. The number of rotatable bonds is 5. The lowest BCUT2D eigenvalue weighted by Crippen LogP contribution is -2.15. The van der Waals surface area contributed by atoms with E-state index in [0.29, 0.717) is 22.2 Å². The van der Waals surface area contributed by atoms with Crippen molar-refractivity contribution in [3.05, 3.63) is 57.9 Å². The maximum absolute atomic E-state index is 12.4. The number of aryl methyl sites for hydroxylation is 1. The molecule has 4 nitrogen and oxygen atoms in total. The molecular weight excluding hydrogens is 314 g/mol. The highest BCUT2D eigenvalue weighted by molar-refractivity contribution is 6.30. The molecule has 0 amide bonds. The molecule has 23 heavy (non-hydrogen) atoms. The standard InChI is InChI=1S/C18H18ClNO3/c1-11-9-16(12(2)20(11)15-7-8-15)17(21)10-23-18(22)13-3-5-14(19)6-4-13/h3-6,9,15H,7-8,10H2,1-2H3. The quantitative estimate of drug-likeness (QED) is 0.611. The van der Waals surface area contributed by atoms with Gasteiger partial charge in [-0.05, 0) is 57.0 Å². The van der Waals surface area contributed by atoms with Crippen molar-refractivity contribution in [1.82, 2.24) is 4.57 Å². The number of benzene rings is 1. The van der Waals surface area contributed by atoms with E-state index < -0.39 is 5.97 Å². The zero-order valence-electron chi connectivity index (χ0n) is 13.1. The first-order chi connectivity index (χ1) is 11.0. The van der Waals surface area contributed by atoms with E-state index in [2.05, 4.69) is 4.57 Å². The number of hydrogen-bond acceptors (Lipinski definition) is 3. The van der Waals surface area contributed by atoms with Gasteiger partial charge in [-0.1, -0.05) is 11.6 Å². The van der Waals surface area contributed by atoms with Crippen molar-refractivity contribution in [1.29, 1.82) is 0 Å². The van der Waals surface area contributed by atoms with E-state index in [1.807, 2.05) is 19.9 Å². The Bertz CT molecular complexity index is 757. The molecule has 0 unspecified atom stereocenters. The fourth-order valence-corrected chi connectivity index (χ4v) is 2.96. The average Bonchev–Trinajstić information content (AvgIpc) is 3.31. The normalized spacial score (nSPS) is 13.9. The Morgan fingerprint density at radius 2 is 1.87 bits per heavy atom. The number of halogens is 1. The molecule has 1 aromatic carbocycles. The van der Waals surface area contributed by atoms with Gasteiger partial charge in [-0.3, -0.25) is 4.79 Å². The third-order valence-electron chi connectivity index (χ3n) is 4.11. The van der Waals surface area contributed by atoms with Gasteiger partial charge in [0.05, 0.1) is 5.56 Å². The SMILES string of the molecule is Cc1cc(C(=O)COC(=O)c2ccc(Cl)cc2)c(C)n1C1CC1. The lowest BCUT2D eigenvalue weighted by molar-refractivity contribution is 0.0474. The second-order valence-corrected chi connectivity index (χ2v) is 6.33. The molecule has 1 saturated carbocycles. The van der Waals surface area contributed by atoms with Crippen molar-refractivity contribution in [2.75, 3.05) is 6.61 Å². The predicted molar refractivity (Wildman–Crippen MR) is 88.2 cm³/mol. The summed E-state index contributed by atoms with van der Waals surface area (Å²) in [5, 5.41) is 0.546. The fourth-order valence-electron chi connectivity index (χ4n) is 2.83. The molecule has 0 atom stereocenters. The summed E-state index contributed by atoms with van der Waals surface area (Å²) in [4.78, 5) is 24.3. The lowest BCUT2D eigenvalue weighted by Gasteiger charge is -2.08. The van der Waals surface area contributed by atoms with E-state index in [0.717, 1.165) is 24.2 Å². The highest BCUT2D eigenvalue weighted by atomic mass is 35.5. The van der Waals surface area contributed by atoms with Gasteiger partial charge in [-0.15, -0.1) is 0 Å². The second-order valence-electron chi connectivity index (χ2n) is 5.89. The summed E-state index contributed by atoms with van der Waals surface area (Å²) in [5.74, 6) is -0.696. The molecule has 0 radical (unpaired) electrons. The monoisotopic (exact) mass is 331 g/mol. The summed E-state index contributed by atoms with van der Waals surface area (Å²) in [6.45, 7) is 3.69. The molecule has 2 aromatic rings. The van der Waals surface area contributed by atoms with Crippen molar-refractivity contribution < 1.29 is 14.3 Å². The van der Waals surface area contributed by atoms with Crippen LogP contribution < -0.4 is 0 Å². The van der Waals surface area contributed by atoms with Crippen LogP contribution in [0.3, 0.4) is 0 Å². The Morgan fingerprint density at radius 3 is 2.48 bits per heavy atom. The van der Waals surface area contributed by atoms with Crippen LogP contribution in [0.4, 0.5) is 0 Å². The van der Waals surface area contributed by atoms with Crippen LogP contribution in [-0.4, -0.2) is 22.9 Å². The Morgan fingerprint density at radius 1 is 1.22 bits per heavy atom. The van der Waals surface area contributed by atoms with Crippen molar-refractivity contribution in [2.24, 2.45) is 0 Å². The van der Waals surface area contributed by atoms with Gasteiger partial charge in [0.25, 0.3) is 0 Å². The molecule has 1 fully saturated rings. The smallest absolute Gasteiger partial charge is 0.338 e. The third-order valence-corrected chi connectivity index (χ3v) is 4.36. The molecule has 0 saturated heterocycles. The van der Waals surface area contributed by atoms with Gasteiger partial charge in [-0.2, -0.15) is 0 Å². The molecule has 1 aromatic heterocycles. The van der Waals surface area contributed by atoms with Gasteiger partial charge in [0.2, 0.25) is 5.78 Å². The molecule has 1 aliphatic rings. The van der Waals surface area contributed by atoms with E-state index in [4.69, 9.17) is 16.3 Å². The molecule has 0 spiro atoms. The van der Waals surface area contributed by atoms with Crippen LogP contribution in [0, 0.1) is 13.8 Å². The van der Waals surface area contributed by atoms with Gasteiger partial charge in [-0.25, -0.2) is 4.79 Å². The molecule has 0 bridgehead atoms. The maximum atomic E-state index is 12.4. The Balaban J connectivity index is 1.66. The number of ether oxygens (including phenoxy) is 1. The fraction of sp³-hybridized carbons (Fsp3) is 0.333. The van der Waals surface area contributed by atoms with Crippen molar-refractivity contribution in [2.45, 2.75) is 32.7 Å². The number of nitrogens with zero attached hydrogens (tertiary/aromatic N) is 1. The number of aromatic nitrogens is 1. The second kappa shape index (κ2) is 6.20. The van der Waals surface area contributed by atoms with Crippen LogP contribution in [0.25, 0.3) is 0 Å². The van der Waals surface area contributed by atoms with Crippen LogP contribution in [-0.2, 0) is 4.74 Å². The number of carbonyl (C=O) groups excluding carboxylic acids is 2. The molecule has 1 aliphatic carbocycles. The Labute approximate surface area is 140 Å². The minimum atomic E-state index is -0.522. The summed E-state index contributed by atoms with van der Waals surface area (Å²) < 4.78 is 7.33. The first-order valence-corrected chi connectivity index (χ1v) is 7.99. The highest BCUT2D eigenvalue weighted by Crippen LogP contribution is 2.38. The predicted octanol–water partition coefficient (Wildman–Crippen LogP) is 4.13. The van der Waals surface area contributed by atoms with Gasteiger partial charge < -0.3 is 9.30 Å². The summed E-state index contributed by atoms with van der Waals surface area (Å²) in [6.07, 6.45) is 2.32. The van der Waals surface area contributed by atoms with Crippen LogP contribution in [0.5, 0.6) is 0 Å². The Hall–Kier alpha value is -2.07. The van der Waals surface area contributed by atoms with Crippen molar-refractivity contribution >= 4 is 23.4 Å². The number of ketones is 1. The summed E-state index contributed by atoms with van der Waals surface area (Å²) >= 11 is 5.78. The summed E-state index contributed by atoms with van der Waals surface area (Å²) in [6, 6.07) is 8.79. The van der Waals surface area contributed by atoms with E-state index >= 15 is 0 Å². The lowest BCUT2D eigenvalue weighted by atomic mass is 10.1. The molecule has 5 heteroatoms. The Kier molecular flexibility index (Phi) is 4.26. The maximum Gasteiger partial charge on any atom is 0.338 e. The number of hydrogen-bond donors (Lipinski definition) is 0. The number of esters is 1. The number of carbonyl (C=O) groups is 2.